The Morgan fingerprint density at radius 1 is 0.281 bits per heavy atom. The zero-order valence-electron chi connectivity index (χ0n) is 30.9. The average Bonchev–Trinajstić information content (AvgIpc) is 3.95. The summed E-state index contributed by atoms with van der Waals surface area (Å²) in [4.78, 5) is 0. The Labute approximate surface area is 328 Å². The summed E-state index contributed by atoms with van der Waals surface area (Å²) in [6.07, 6.45) is 0. The fraction of sp³-hybridized carbons (Fsp3) is 0. The molecule has 9 aromatic carbocycles. The number of fused-ring (bicyclic) bond motifs is 10. The molecule has 3 heteroatoms. The van der Waals surface area contributed by atoms with Gasteiger partial charge in [0.1, 0.15) is 11.2 Å². The fourth-order valence-corrected chi connectivity index (χ4v) is 9.13. The minimum atomic E-state index is 0.913. The average molecular weight is 727 g/mol. The van der Waals surface area contributed by atoms with Crippen molar-refractivity contribution in [2.24, 2.45) is 0 Å². The standard InChI is InChI=1S/C54H34N2O/c1-2-11-35(12-3-1)36-21-23-37(24-22-36)38-25-29-40(30-26-38)55-47-18-7-4-14-45(47)52-49(55)33-34-50-53(52)46-15-5-8-19-48(46)56(50)41-31-27-39(28-32-41)42-16-10-17-44-43-13-6-9-20-51(43)57-54(42)44/h1-34H. The molecule has 0 amide bonds. The topological polar surface area (TPSA) is 23.0 Å². The molecule has 266 valence electrons. The number of para-hydroxylation sites is 4. The van der Waals surface area contributed by atoms with Gasteiger partial charge in [-0.15, -0.1) is 0 Å². The molecule has 3 nitrogen and oxygen atoms in total. The first-order valence-corrected chi connectivity index (χ1v) is 19.5. The van der Waals surface area contributed by atoms with Crippen molar-refractivity contribution in [3.05, 3.63) is 206 Å². The highest BCUT2D eigenvalue weighted by Gasteiger charge is 2.21. The van der Waals surface area contributed by atoms with Gasteiger partial charge in [-0.25, -0.2) is 0 Å². The Kier molecular flexibility index (Phi) is 6.93. The molecule has 0 radical (unpaired) electrons. The van der Waals surface area contributed by atoms with Crippen LogP contribution in [-0.2, 0) is 0 Å². The maximum atomic E-state index is 6.40. The molecular formula is C54H34N2O. The second-order valence-electron chi connectivity index (χ2n) is 14.9. The predicted molar refractivity (Wildman–Crippen MR) is 239 cm³/mol. The number of rotatable bonds is 5. The molecule has 0 saturated heterocycles. The van der Waals surface area contributed by atoms with Gasteiger partial charge in [0.2, 0.25) is 0 Å². The summed E-state index contributed by atoms with van der Waals surface area (Å²) in [6, 6.07) is 74.3. The zero-order valence-corrected chi connectivity index (χ0v) is 30.9. The fourth-order valence-electron chi connectivity index (χ4n) is 9.13. The minimum absolute atomic E-state index is 0.913. The van der Waals surface area contributed by atoms with E-state index in [9.17, 15) is 0 Å². The molecule has 0 saturated carbocycles. The largest absolute Gasteiger partial charge is 0.455 e. The van der Waals surface area contributed by atoms with E-state index in [1.54, 1.807) is 0 Å². The Morgan fingerprint density at radius 3 is 1.30 bits per heavy atom. The van der Waals surface area contributed by atoms with Crippen LogP contribution in [0.25, 0.3) is 110 Å². The molecule has 12 aromatic rings. The van der Waals surface area contributed by atoms with Crippen LogP contribution in [0.4, 0.5) is 0 Å². The second kappa shape index (κ2) is 12.5. The first kappa shape index (κ1) is 31.7. The van der Waals surface area contributed by atoms with E-state index in [0.717, 1.165) is 44.4 Å². The van der Waals surface area contributed by atoms with E-state index in [0.29, 0.717) is 0 Å². The van der Waals surface area contributed by atoms with Crippen molar-refractivity contribution in [1.29, 1.82) is 0 Å². The highest BCUT2D eigenvalue weighted by atomic mass is 16.3. The lowest BCUT2D eigenvalue weighted by Crippen LogP contribution is -1.95. The van der Waals surface area contributed by atoms with Gasteiger partial charge < -0.3 is 13.6 Å². The highest BCUT2D eigenvalue weighted by Crippen LogP contribution is 2.43. The maximum absolute atomic E-state index is 6.40. The van der Waals surface area contributed by atoms with E-state index in [4.69, 9.17) is 4.42 Å². The van der Waals surface area contributed by atoms with E-state index in [1.165, 1.54) is 65.9 Å². The molecule has 0 atom stereocenters. The number of furan rings is 1. The molecule has 57 heavy (non-hydrogen) atoms. The molecular weight excluding hydrogens is 693 g/mol. The summed E-state index contributed by atoms with van der Waals surface area (Å²) in [7, 11) is 0. The zero-order chi connectivity index (χ0) is 37.5. The van der Waals surface area contributed by atoms with E-state index in [-0.39, 0.29) is 0 Å². The second-order valence-corrected chi connectivity index (χ2v) is 14.9. The number of benzene rings is 9. The Bertz CT molecular complexity index is 3470. The Morgan fingerprint density at radius 2 is 0.719 bits per heavy atom. The summed E-state index contributed by atoms with van der Waals surface area (Å²) in [5.74, 6) is 0. The lowest BCUT2D eigenvalue weighted by molar-refractivity contribution is 0.670. The monoisotopic (exact) mass is 726 g/mol. The first-order valence-electron chi connectivity index (χ1n) is 19.5. The normalized spacial score (nSPS) is 11.9. The summed E-state index contributed by atoms with van der Waals surface area (Å²) in [5, 5.41) is 7.31. The van der Waals surface area contributed by atoms with Crippen molar-refractivity contribution in [3.63, 3.8) is 0 Å². The lowest BCUT2D eigenvalue weighted by atomic mass is 10.0. The van der Waals surface area contributed by atoms with Crippen LogP contribution in [0, 0.1) is 0 Å². The lowest BCUT2D eigenvalue weighted by Gasteiger charge is -2.11. The van der Waals surface area contributed by atoms with Gasteiger partial charge in [0.25, 0.3) is 0 Å². The van der Waals surface area contributed by atoms with Gasteiger partial charge >= 0.3 is 0 Å². The molecule has 0 N–H and O–H groups in total. The van der Waals surface area contributed by atoms with Crippen LogP contribution < -0.4 is 0 Å². The van der Waals surface area contributed by atoms with Crippen LogP contribution >= 0.6 is 0 Å². The van der Waals surface area contributed by atoms with Crippen LogP contribution in [0.1, 0.15) is 0 Å². The van der Waals surface area contributed by atoms with Crippen molar-refractivity contribution >= 4 is 65.6 Å². The predicted octanol–water partition coefficient (Wildman–Crippen LogP) is 14.8. The quantitative estimate of drug-likeness (QED) is 0.173. The molecule has 0 bridgehead atoms. The minimum Gasteiger partial charge on any atom is -0.455 e. The van der Waals surface area contributed by atoms with Gasteiger partial charge in [-0.2, -0.15) is 0 Å². The summed E-state index contributed by atoms with van der Waals surface area (Å²) in [5.41, 5.74) is 16.0. The summed E-state index contributed by atoms with van der Waals surface area (Å²) >= 11 is 0. The molecule has 0 unspecified atom stereocenters. The SMILES string of the molecule is c1ccc(-c2ccc(-c3ccc(-n4c5ccccc5c5c6c7ccccc7n(-c7ccc(-c8cccc9c8oc8ccccc89)cc7)c6ccc54)cc3)cc2)cc1. The molecule has 12 rings (SSSR count). The van der Waals surface area contributed by atoms with Gasteiger partial charge in [-0.3, -0.25) is 0 Å². The van der Waals surface area contributed by atoms with Gasteiger partial charge in [0, 0.05) is 49.3 Å². The third-order valence-electron chi connectivity index (χ3n) is 11.8. The summed E-state index contributed by atoms with van der Waals surface area (Å²) in [6.45, 7) is 0. The van der Waals surface area contributed by atoms with Crippen molar-refractivity contribution in [1.82, 2.24) is 9.13 Å². The van der Waals surface area contributed by atoms with Crippen molar-refractivity contribution in [2.45, 2.75) is 0 Å². The van der Waals surface area contributed by atoms with Crippen LogP contribution in [-0.4, -0.2) is 9.13 Å². The molecule has 0 aliphatic carbocycles. The highest BCUT2D eigenvalue weighted by molar-refractivity contribution is 6.29. The van der Waals surface area contributed by atoms with Gasteiger partial charge in [0.15, 0.2) is 0 Å². The molecule has 0 fully saturated rings. The maximum Gasteiger partial charge on any atom is 0.143 e. The smallest absolute Gasteiger partial charge is 0.143 e. The third-order valence-corrected chi connectivity index (χ3v) is 11.8. The molecule has 0 aliphatic heterocycles. The van der Waals surface area contributed by atoms with Crippen molar-refractivity contribution < 1.29 is 4.42 Å². The van der Waals surface area contributed by atoms with E-state index in [2.05, 4.69) is 203 Å². The number of nitrogens with zero attached hydrogens (tertiary/aromatic N) is 2. The number of aromatic nitrogens is 2. The molecule has 0 aliphatic rings. The van der Waals surface area contributed by atoms with Crippen molar-refractivity contribution in [3.8, 4) is 44.8 Å². The summed E-state index contributed by atoms with van der Waals surface area (Å²) < 4.78 is 11.2. The first-order chi connectivity index (χ1) is 28.3. The van der Waals surface area contributed by atoms with E-state index in [1.807, 2.05) is 12.1 Å². The molecule has 3 heterocycles. The van der Waals surface area contributed by atoms with Crippen LogP contribution in [0.5, 0.6) is 0 Å². The van der Waals surface area contributed by atoms with Gasteiger partial charge in [0.05, 0.1) is 22.1 Å². The van der Waals surface area contributed by atoms with E-state index >= 15 is 0 Å². The Hall–Kier alpha value is -7.62. The van der Waals surface area contributed by atoms with Crippen LogP contribution in [0.2, 0.25) is 0 Å². The van der Waals surface area contributed by atoms with Gasteiger partial charge in [-0.05, 0) is 82.4 Å². The van der Waals surface area contributed by atoms with E-state index < -0.39 is 0 Å². The van der Waals surface area contributed by atoms with Crippen LogP contribution in [0.3, 0.4) is 0 Å². The third kappa shape index (κ3) is 4.86. The molecule has 3 aromatic heterocycles. The van der Waals surface area contributed by atoms with Gasteiger partial charge in [-0.1, -0.05) is 152 Å². The number of hydrogen-bond acceptors (Lipinski definition) is 1. The van der Waals surface area contributed by atoms with Crippen LogP contribution in [0.15, 0.2) is 211 Å². The Balaban J connectivity index is 0.982. The van der Waals surface area contributed by atoms with Crippen molar-refractivity contribution in [2.75, 3.05) is 0 Å². The molecule has 0 spiro atoms. The number of hydrogen-bond donors (Lipinski definition) is 0.